The van der Waals surface area contributed by atoms with Gasteiger partial charge in [0.25, 0.3) is 11.8 Å². The average molecular weight is 432 g/mol. The van der Waals surface area contributed by atoms with Gasteiger partial charge in [-0.1, -0.05) is 25.1 Å². The van der Waals surface area contributed by atoms with E-state index in [4.69, 9.17) is 0 Å². The fourth-order valence-electron chi connectivity index (χ4n) is 3.86. The minimum atomic E-state index is -0.594. The maximum Gasteiger partial charge on any atom is 0.258 e. The minimum Gasteiger partial charge on any atom is -0.371 e. The van der Waals surface area contributed by atoms with Crippen LogP contribution in [0, 0.1) is 18.7 Å². The molecule has 0 aliphatic carbocycles. The van der Waals surface area contributed by atoms with Gasteiger partial charge in [-0.15, -0.1) is 0 Å². The summed E-state index contributed by atoms with van der Waals surface area (Å²) in [5.74, 6) is -0.739. The number of benzene rings is 3. The molecule has 1 aliphatic rings. The maximum atomic E-state index is 13.9. The molecule has 1 fully saturated rings. The number of nitrogens with one attached hydrogen (secondary N) is 2. The van der Waals surface area contributed by atoms with Crippen molar-refractivity contribution < 1.29 is 14.0 Å². The average Bonchev–Trinajstić information content (AvgIpc) is 3.22. The molecule has 1 atom stereocenters. The van der Waals surface area contributed by atoms with Gasteiger partial charge in [-0.3, -0.25) is 9.59 Å². The number of anilines is 3. The molecule has 4 rings (SSSR count). The standard InChI is InChI=1S/C26H26FN3O2/c1-17-13-14-30(16-17)21-11-9-20(10-12-21)28-25(31)19-8-7-18(2)24(15-19)29-26(32)22-5-3-4-6-23(22)27/h3-12,15,17H,13-14,16H2,1-2H3,(H,28,31)(H,29,32). The maximum absolute atomic E-state index is 13.9. The molecule has 1 heterocycles. The number of rotatable bonds is 5. The molecule has 1 aliphatic heterocycles. The lowest BCUT2D eigenvalue weighted by Crippen LogP contribution is -2.19. The normalized spacial score (nSPS) is 15.5. The van der Waals surface area contributed by atoms with Crippen LogP contribution in [-0.4, -0.2) is 24.9 Å². The summed E-state index contributed by atoms with van der Waals surface area (Å²) in [6, 6.07) is 18.7. The van der Waals surface area contributed by atoms with Gasteiger partial charge < -0.3 is 15.5 Å². The Labute approximate surface area is 187 Å². The van der Waals surface area contributed by atoms with Crippen molar-refractivity contribution in [3.63, 3.8) is 0 Å². The smallest absolute Gasteiger partial charge is 0.258 e. The molecule has 1 unspecified atom stereocenters. The summed E-state index contributed by atoms with van der Waals surface area (Å²) >= 11 is 0. The van der Waals surface area contributed by atoms with Crippen LogP contribution < -0.4 is 15.5 Å². The third kappa shape index (κ3) is 4.80. The van der Waals surface area contributed by atoms with Gasteiger partial charge in [-0.2, -0.15) is 0 Å². The lowest BCUT2D eigenvalue weighted by atomic mass is 10.1. The van der Waals surface area contributed by atoms with Gasteiger partial charge >= 0.3 is 0 Å². The van der Waals surface area contributed by atoms with E-state index in [1.54, 1.807) is 24.3 Å². The third-order valence-corrected chi connectivity index (χ3v) is 5.78. The third-order valence-electron chi connectivity index (χ3n) is 5.78. The molecule has 2 amide bonds. The van der Waals surface area contributed by atoms with Crippen molar-refractivity contribution >= 4 is 28.9 Å². The Morgan fingerprint density at radius 1 is 0.969 bits per heavy atom. The summed E-state index contributed by atoms with van der Waals surface area (Å²) in [6.45, 7) is 6.17. The molecular formula is C26H26FN3O2. The predicted molar refractivity (Wildman–Crippen MR) is 126 cm³/mol. The highest BCUT2D eigenvalue weighted by Gasteiger charge is 2.19. The number of aryl methyl sites for hydroxylation is 1. The van der Waals surface area contributed by atoms with Crippen LogP contribution in [0.1, 0.15) is 39.6 Å². The lowest BCUT2D eigenvalue weighted by Gasteiger charge is -2.18. The van der Waals surface area contributed by atoms with E-state index in [9.17, 15) is 14.0 Å². The Balaban J connectivity index is 1.45. The van der Waals surface area contributed by atoms with Gasteiger partial charge in [-0.25, -0.2) is 4.39 Å². The van der Waals surface area contributed by atoms with Crippen LogP contribution in [0.3, 0.4) is 0 Å². The largest absolute Gasteiger partial charge is 0.371 e. The second-order valence-electron chi connectivity index (χ2n) is 8.30. The van der Waals surface area contributed by atoms with E-state index >= 15 is 0 Å². The van der Waals surface area contributed by atoms with Crippen molar-refractivity contribution in [2.24, 2.45) is 5.92 Å². The molecule has 6 heteroatoms. The fourth-order valence-corrected chi connectivity index (χ4v) is 3.86. The van der Waals surface area contributed by atoms with E-state index in [1.165, 1.54) is 24.6 Å². The molecular weight excluding hydrogens is 405 g/mol. The van der Waals surface area contributed by atoms with Gasteiger partial charge in [0.05, 0.1) is 5.56 Å². The Kier molecular flexibility index (Phi) is 6.21. The highest BCUT2D eigenvalue weighted by molar-refractivity contribution is 6.08. The molecule has 2 N–H and O–H groups in total. The zero-order valence-electron chi connectivity index (χ0n) is 18.2. The molecule has 1 saturated heterocycles. The van der Waals surface area contributed by atoms with E-state index in [0.29, 0.717) is 22.9 Å². The van der Waals surface area contributed by atoms with E-state index < -0.39 is 11.7 Å². The molecule has 164 valence electrons. The molecule has 0 radical (unpaired) electrons. The summed E-state index contributed by atoms with van der Waals surface area (Å²) < 4.78 is 13.9. The first kappa shape index (κ1) is 21.6. The van der Waals surface area contributed by atoms with Gasteiger partial charge in [0.15, 0.2) is 0 Å². The lowest BCUT2D eigenvalue weighted by molar-refractivity contribution is 0.101. The highest BCUT2D eigenvalue weighted by atomic mass is 19.1. The fraction of sp³-hybridized carbons (Fsp3) is 0.231. The minimum absolute atomic E-state index is 0.0470. The van der Waals surface area contributed by atoms with Crippen molar-refractivity contribution in [3.05, 3.63) is 89.2 Å². The first-order valence-electron chi connectivity index (χ1n) is 10.7. The molecule has 0 saturated carbocycles. The number of nitrogens with zero attached hydrogens (tertiary/aromatic N) is 1. The molecule has 0 bridgehead atoms. The number of halogens is 1. The van der Waals surface area contributed by atoms with E-state index in [1.807, 2.05) is 31.2 Å². The van der Waals surface area contributed by atoms with Crippen molar-refractivity contribution in [1.82, 2.24) is 0 Å². The van der Waals surface area contributed by atoms with Crippen molar-refractivity contribution in [3.8, 4) is 0 Å². The van der Waals surface area contributed by atoms with Gasteiger partial charge in [0.1, 0.15) is 5.82 Å². The first-order valence-corrected chi connectivity index (χ1v) is 10.7. The van der Waals surface area contributed by atoms with Crippen LogP contribution in [-0.2, 0) is 0 Å². The van der Waals surface area contributed by atoms with Crippen LogP contribution >= 0.6 is 0 Å². The Hall–Kier alpha value is -3.67. The van der Waals surface area contributed by atoms with Crippen molar-refractivity contribution in [2.75, 3.05) is 28.6 Å². The highest BCUT2D eigenvalue weighted by Crippen LogP contribution is 2.25. The topological polar surface area (TPSA) is 61.4 Å². The summed E-state index contributed by atoms with van der Waals surface area (Å²) in [6.07, 6.45) is 1.20. The van der Waals surface area contributed by atoms with Crippen LogP contribution in [0.4, 0.5) is 21.5 Å². The van der Waals surface area contributed by atoms with Crippen LogP contribution in [0.25, 0.3) is 0 Å². The Morgan fingerprint density at radius 2 is 1.72 bits per heavy atom. The first-order chi connectivity index (χ1) is 15.4. The SMILES string of the molecule is Cc1ccc(C(=O)Nc2ccc(N3CCC(C)C3)cc2)cc1NC(=O)c1ccccc1F. The van der Waals surface area contributed by atoms with Gasteiger partial charge in [0, 0.05) is 35.7 Å². The van der Waals surface area contributed by atoms with E-state index in [0.717, 1.165) is 24.3 Å². The zero-order chi connectivity index (χ0) is 22.7. The summed E-state index contributed by atoms with van der Waals surface area (Å²) in [5, 5.41) is 5.60. The molecule has 0 spiro atoms. The summed E-state index contributed by atoms with van der Waals surface area (Å²) in [7, 11) is 0. The van der Waals surface area contributed by atoms with Crippen LogP contribution in [0.5, 0.6) is 0 Å². The second-order valence-corrected chi connectivity index (χ2v) is 8.30. The number of hydrogen-bond acceptors (Lipinski definition) is 3. The van der Waals surface area contributed by atoms with Crippen LogP contribution in [0.2, 0.25) is 0 Å². The quantitative estimate of drug-likeness (QED) is 0.562. The van der Waals surface area contributed by atoms with Crippen molar-refractivity contribution in [2.45, 2.75) is 20.3 Å². The molecule has 3 aromatic carbocycles. The zero-order valence-corrected chi connectivity index (χ0v) is 18.2. The molecule has 5 nitrogen and oxygen atoms in total. The van der Waals surface area contributed by atoms with Gasteiger partial charge in [-0.05, 0) is 73.4 Å². The summed E-state index contributed by atoms with van der Waals surface area (Å²) in [5.41, 5.74) is 3.44. The van der Waals surface area contributed by atoms with E-state index in [-0.39, 0.29) is 11.5 Å². The van der Waals surface area contributed by atoms with E-state index in [2.05, 4.69) is 22.5 Å². The second kappa shape index (κ2) is 9.22. The summed E-state index contributed by atoms with van der Waals surface area (Å²) in [4.78, 5) is 27.6. The number of carbonyl (C=O) groups is 2. The molecule has 3 aromatic rings. The van der Waals surface area contributed by atoms with Gasteiger partial charge in [0.2, 0.25) is 0 Å². The predicted octanol–water partition coefficient (Wildman–Crippen LogP) is 5.48. The van der Waals surface area contributed by atoms with Crippen molar-refractivity contribution in [1.29, 1.82) is 0 Å². The monoisotopic (exact) mass is 431 g/mol. The number of amides is 2. The molecule has 0 aromatic heterocycles. The number of carbonyl (C=O) groups excluding carboxylic acids is 2. The van der Waals surface area contributed by atoms with Crippen LogP contribution in [0.15, 0.2) is 66.7 Å². The Morgan fingerprint density at radius 3 is 2.41 bits per heavy atom. The number of hydrogen-bond donors (Lipinski definition) is 2. The Bertz CT molecular complexity index is 1140. The molecule has 32 heavy (non-hydrogen) atoms.